The first-order valence-electron chi connectivity index (χ1n) is 6.35. The second-order valence-electron chi connectivity index (χ2n) is 4.52. The minimum absolute atomic E-state index is 0.349. The molecule has 0 aliphatic carbocycles. The van der Waals surface area contributed by atoms with Crippen molar-refractivity contribution >= 4 is 17.1 Å². The van der Waals surface area contributed by atoms with E-state index in [1.807, 2.05) is 24.3 Å². The molecule has 0 aliphatic rings. The number of nitrogens with one attached hydrogen (secondary N) is 1. The lowest BCUT2D eigenvalue weighted by Gasteiger charge is -2.04. The number of hydrogen-bond acceptors (Lipinski definition) is 3. The molecule has 2 aromatic heterocycles. The van der Waals surface area contributed by atoms with Crippen LogP contribution in [0.1, 0.15) is 21.7 Å². The molecular weight excluding hydrogens is 254 g/mol. The number of carboxylic acids is 1. The van der Waals surface area contributed by atoms with Gasteiger partial charge in [0.2, 0.25) is 0 Å². The second kappa shape index (κ2) is 5.13. The van der Waals surface area contributed by atoms with Crippen LogP contribution in [0, 0.1) is 0 Å². The van der Waals surface area contributed by atoms with Gasteiger partial charge >= 0.3 is 5.97 Å². The molecule has 0 fully saturated rings. The number of pyridine rings is 1. The minimum Gasteiger partial charge on any atom is -0.478 e. The SMILES string of the molecule is O=C(O)c1ccccc1CCc1nc2ncccc2[nH]1. The molecule has 0 atom stereocenters. The third-order valence-corrected chi connectivity index (χ3v) is 3.19. The molecule has 5 nitrogen and oxygen atoms in total. The maximum Gasteiger partial charge on any atom is 0.335 e. The molecule has 3 aromatic rings. The smallest absolute Gasteiger partial charge is 0.335 e. The van der Waals surface area contributed by atoms with Crippen LogP contribution in [0.2, 0.25) is 0 Å². The van der Waals surface area contributed by atoms with E-state index in [0.717, 1.165) is 16.9 Å². The Morgan fingerprint density at radius 2 is 2.00 bits per heavy atom. The van der Waals surface area contributed by atoms with E-state index in [1.165, 1.54) is 0 Å². The maximum atomic E-state index is 11.1. The van der Waals surface area contributed by atoms with Crippen molar-refractivity contribution in [2.24, 2.45) is 0 Å². The van der Waals surface area contributed by atoms with Crippen LogP contribution in [-0.4, -0.2) is 26.0 Å². The summed E-state index contributed by atoms with van der Waals surface area (Å²) >= 11 is 0. The Balaban J connectivity index is 1.81. The molecule has 0 bridgehead atoms. The van der Waals surface area contributed by atoms with Gasteiger partial charge in [0.25, 0.3) is 0 Å². The summed E-state index contributed by atoms with van der Waals surface area (Å²) < 4.78 is 0. The third-order valence-electron chi connectivity index (χ3n) is 3.19. The molecule has 2 heterocycles. The zero-order chi connectivity index (χ0) is 13.9. The Labute approximate surface area is 115 Å². The standard InChI is InChI=1S/C15H13N3O2/c19-15(20)11-5-2-1-4-10(11)7-8-13-17-12-6-3-9-16-14(12)18-13/h1-6,9H,7-8H2,(H,19,20)(H,16,17,18). The molecule has 0 unspecified atom stereocenters. The summed E-state index contributed by atoms with van der Waals surface area (Å²) in [6.07, 6.45) is 2.98. The van der Waals surface area contributed by atoms with Gasteiger partial charge in [-0.25, -0.2) is 14.8 Å². The van der Waals surface area contributed by atoms with Crippen LogP contribution in [-0.2, 0) is 12.8 Å². The van der Waals surface area contributed by atoms with Crippen LogP contribution in [0.4, 0.5) is 0 Å². The van der Waals surface area contributed by atoms with Gasteiger partial charge in [-0.15, -0.1) is 0 Å². The fourth-order valence-corrected chi connectivity index (χ4v) is 2.21. The van der Waals surface area contributed by atoms with E-state index in [9.17, 15) is 4.79 Å². The van der Waals surface area contributed by atoms with Gasteiger partial charge in [-0.05, 0) is 30.2 Å². The van der Waals surface area contributed by atoms with Crippen molar-refractivity contribution in [1.29, 1.82) is 0 Å². The summed E-state index contributed by atoms with van der Waals surface area (Å²) in [7, 11) is 0. The van der Waals surface area contributed by atoms with E-state index >= 15 is 0 Å². The van der Waals surface area contributed by atoms with Crippen LogP contribution < -0.4 is 0 Å². The first kappa shape index (κ1) is 12.3. The number of fused-ring (bicyclic) bond motifs is 1. The Kier molecular flexibility index (Phi) is 3.16. The first-order valence-corrected chi connectivity index (χ1v) is 6.35. The summed E-state index contributed by atoms with van der Waals surface area (Å²) in [5.74, 6) is -0.0780. The van der Waals surface area contributed by atoms with Crippen LogP contribution in [0.5, 0.6) is 0 Å². The molecule has 100 valence electrons. The average Bonchev–Trinajstić information content (AvgIpc) is 2.88. The monoisotopic (exact) mass is 267 g/mol. The van der Waals surface area contributed by atoms with Gasteiger partial charge in [-0.1, -0.05) is 18.2 Å². The molecule has 0 saturated heterocycles. The van der Waals surface area contributed by atoms with E-state index in [0.29, 0.717) is 24.1 Å². The maximum absolute atomic E-state index is 11.1. The van der Waals surface area contributed by atoms with Gasteiger partial charge in [0.1, 0.15) is 5.82 Å². The predicted octanol–water partition coefficient (Wildman–Crippen LogP) is 2.44. The lowest BCUT2D eigenvalue weighted by molar-refractivity contribution is 0.0695. The average molecular weight is 267 g/mol. The van der Waals surface area contributed by atoms with Gasteiger partial charge in [0.05, 0.1) is 11.1 Å². The normalized spacial score (nSPS) is 10.8. The van der Waals surface area contributed by atoms with E-state index in [1.54, 1.807) is 18.3 Å². The van der Waals surface area contributed by atoms with Crippen molar-refractivity contribution < 1.29 is 9.90 Å². The number of aromatic amines is 1. The first-order chi connectivity index (χ1) is 9.74. The number of hydrogen-bond donors (Lipinski definition) is 2. The number of rotatable bonds is 4. The highest BCUT2D eigenvalue weighted by atomic mass is 16.4. The molecule has 20 heavy (non-hydrogen) atoms. The quantitative estimate of drug-likeness (QED) is 0.761. The van der Waals surface area contributed by atoms with Crippen LogP contribution >= 0.6 is 0 Å². The summed E-state index contributed by atoms with van der Waals surface area (Å²) in [4.78, 5) is 22.9. The molecular formula is C15H13N3O2. The Morgan fingerprint density at radius 3 is 2.80 bits per heavy atom. The number of nitrogens with zero attached hydrogens (tertiary/aromatic N) is 2. The van der Waals surface area contributed by atoms with E-state index in [-0.39, 0.29) is 0 Å². The Hall–Kier alpha value is -2.69. The summed E-state index contributed by atoms with van der Waals surface area (Å²) in [6.45, 7) is 0. The van der Waals surface area contributed by atoms with Crippen LogP contribution in [0.15, 0.2) is 42.6 Å². The number of H-pyrrole nitrogens is 1. The molecule has 5 heteroatoms. The van der Waals surface area contributed by atoms with Gasteiger partial charge in [0, 0.05) is 12.6 Å². The van der Waals surface area contributed by atoms with E-state index in [4.69, 9.17) is 5.11 Å². The highest BCUT2D eigenvalue weighted by molar-refractivity contribution is 5.89. The molecule has 0 saturated carbocycles. The Morgan fingerprint density at radius 1 is 1.15 bits per heavy atom. The zero-order valence-electron chi connectivity index (χ0n) is 10.7. The molecule has 0 spiro atoms. The van der Waals surface area contributed by atoms with Crippen molar-refractivity contribution in [3.8, 4) is 0 Å². The highest BCUT2D eigenvalue weighted by Gasteiger charge is 2.10. The zero-order valence-corrected chi connectivity index (χ0v) is 10.7. The van der Waals surface area contributed by atoms with Crippen molar-refractivity contribution in [2.75, 3.05) is 0 Å². The van der Waals surface area contributed by atoms with Gasteiger partial charge in [0.15, 0.2) is 5.65 Å². The summed E-state index contributed by atoms with van der Waals surface area (Å²) in [5.41, 5.74) is 2.75. The van der Waals surface area contributed by atoms with Crippen LogP contribution in [0.25, 0.3) is 11.2 Å². The number of aromatic nitrogens is 3. The lowest BCUT2D eigenvalue weighted by Crippen LogP contribution is -2.03. The molecule has 1 aromatic carbocycles. The van der Waals surface area contributed by atoms with Crippen molar-refractivity contribution in [2.45, 2.75) is 12.8 Å². The van der Waals surface area contributed by atoms with E-state index < -0.39 is 5.97 Å². The van der Waals surface area contributed by atoms with Crippen molar-refractivity contribution in [3.05, 3.63) is 59.5 Å². The third kappa shape index (κ3) is 2.38. The van der Waals surface area contributed by atoms with Gasteiger partial charge in [-0.3, -0.25) is 0 Å². The number of imidazole rings is 1. The van der Waals surface area contributed by atoms with Gasteiger partial charge in [-0.2, -0.15) is 0 Å². The predicted molar refractivity (Wildman–Crippen MR) is 74.7 cm³/mol. The Bertz CT molecular complexity index is 731. The van der Waals surface area contributed by atoms with Gasteiger partial charge < -0.3 is 10.1 Å². The fourth-order valence-electron chi connectivity index (χ4n) is 2.21. The molecule has 0 aliphatic heterocycles. The molecule has 3 rings (SSSR count). The lowest BCUT2D eigenvalue weighted by atomic mass is 10.0. The number of aryl methyl sites for hydroxylation is 2. The van der Waals surface area contributed by atoms with E-state index in [2.05, 4.69) is 15.0 Å². The molecule has 0 radical (unpaired) electrons. The topological polar surface area (TPSA) is 78.9 Å². The second-order valence-corrected chi connectivity index (χ2v) is 4.52. The molecule has 2 N–H and O–H groups in total. The van der Waals surface area contributed by atoms with Crippen molar-refractivity contribution in [1.82, 2.24) is 15.0 Å². The van der Waals surface area contributed by atoms with Crippen LogP contribution in [0.3, 0.4) is 0 Å². The highest BCUT2D eigenvalue weighted by Crippen LogP contribution is 2.13. The largest absolute Gasteiger partial charge is 0.478 e. The fraction of sp³-hybridized carbons (Fsp3) is 0.133. The van der Waals surface area contributed by atoms with Crippen molar-refractivity contribution in [3.63, 3.8) is 0 Å². The number of aromatic carboxylic acids is 1. The number of carboxylic acid groups (broad SMARTS) is 1. The summed E-state index contributed by atoms with van der Waals surface area (Å²) in [5, 5.41) is 9.14. The minimum atomic E-state index is -0.896. The number of carbonyl (C=O) groups is 1. The summed E-state index contributed by atoms with van der Waals surface area (Å²) in [6, 6.07) is 10.8. The number of benzene rings is 1. The molecule has 0 amide bonds.